The molecule has 0 aliphatic carbocycles. The molecule has 0 fully saturated rings. The molecule has 0 aliphatic rings. The highest BCUT2D eigenvalue weighted by Crippen LogP contribution is 2.12. The first-order chi connectivity index (χ1) is 9.28. The average Bonchev–Trinajstić information content (AvgIpc) is 2.47. The molecule has 19 heavy (non-hydrogen) atoms. The highest BCUT2D eigenvalue weighted by atomic mass is 19.1. The Kier molecular flexibility index (Phi) is 4.45. The summed E-state index contributed by atoms with van der Waals surface area (Å²) in [6, 6.07) is 17.2. The summed E-state index contributed by atoms with van der Waals surface area (Å²) in [5.74, 6) is -0.632. The summed E-state index contributed by atoms with van der Waals surface area (Å²) in [5.41, 5.74) is 2.74. The highest BCUT2D eigenvalue weighted by Gasteiger charge is 1.99. The van der Waals surface area contributed by atoms with Gasteiger partial charge in [-0.1, -0.05) is 54.6 Å². The van der Waals surface area contributed by atoms with Gasteiger partial charge in [-0.05, 0) is 23.3 Å². The molecule has 96 valence electrons. The zero-order chi connectivity index (χ0) is 13.5. The fourth-order valence-corrected chi connectivity index (χ4v) is 1.63. The number of benzene rings is 2. The molecule has 3 heteroatoms. The molecule has 2 rings (SSSR count). The summed E-state index contributed by atoms with van der Waals surface area (Å²) in [6.07, 6.45) is 3.99. The van der Waals surface area contributed by atoms with Crippen LogP contribution in [0, 0.1) is 0 Å². The van der Waals surface area contributed by atoms with Gasteiger partial charge in [0, 0.05) is 5.69 Å². The standard InChI is InChI=1S/C16H14FNO/c17-12-16(19)18-15-10-8-14(9-11-15)7-6-13-4-2-1-3-5-13/h1-11H,12H2,(H,18,19)/b7-6+. The number of amides is 1. The lowest BCUT2D eigenvalue weighted by Crippen LogP contribution is -2.12. The Morgan fingerprint density at radius 2 is 1.53 bits per heavy atom. The van der Waals surface area contributed by atoms with Crippen LogP contribution in [0.4, 0.5) is 10.1 Å². The SMILES string of the molecule is O=C(CF)Nc1ccc(/C=C/c2ccccc2)cc1. The minimum Gasteiger partial charge on any atom is -0.324 e. The Morgan fingerprint density at radius 3 is 2.11 bits per heavy atom. The number of halogens is 1. The molecule has 0 aromatic heterocycles. The smallest absolute Gasteiger partial charge is 0.255 e. The van der Waals surface area contributed by atoms with Crippen molar-refractivity contribution >= 4 is 23.7 Å². The van der Waals surface area contributed by atoms with Gasteiger partial charge in [-0.2, -0.15) is 0 Å². The Hall–Kier alpha value is -2.42. The second kappa shape index (κ2) is 6.50. The van der Waals surface area contributed by atoms with Crippen molar-refractivity contribution in [3.05, 3.63) is 65.7 Å². The molecule has 2 nitrogen and oxygen atoms in total. The number of hydrogen-bond donors (Lipinski definition) is 1. The van der Waals surface area contributed by atoms with Crippen LogP contribution >= 0.6 is 0 Å². The molecule has 1 N–H and O–H groups in total. The molecular formula is C16H14FNO. The maximum atomic E-state index is 12.0. The van der Waals surface area contributed by atoms with Gasteiger partial charge in [0.1, 0.15) is 0 Å². The van der Waals surface area contributed by atoms with Gasteiger partial charge in [-0.25, -0.2) is 4.39 Å². The van der Waals surface area contributed by atoms with E-state index < -0.39 is 12.6 Å². The van der Waals surface area contributed by atoms with Crippen molar-refractivity contribution in [1.29, 1.82) is 0 Å². The molecular weight excluding hydrogens is 241 g/mol. The number of carbonyl (C=O) groups is 1. The van der Waals surface area contributed by atoms with Crippen molar-refractivity contribution < 1.29 is 9.18 Å². The fourth-order valence-electron chi connectivity index (χ4n) is 1.63. The topological polar surface area (TPSA) is 29.1 Å². The first-order valence-corrected chi connectivity index (χ1v) is 5.97. The molecule has 2 aromatic rings. The van der Waals surface area contributed by atoms with Crippen LogP contribution in [-0.4, -0.2) is 12.6 Å². The Bertz CT molecular complexity index is 561. The van der Waals surface area contributed by atoms with Gasteiger partial charge in [0.15, 0.2) is 6.67 Å². The lowest BCUT2D eigenvalue weighted by Gasteiger charge is -2.02. The average molecular weight is 255 g/mol. The van der Waals surface area contributed by atoms with Crippen LogP contribution in [0.15, 0.2) is 54.6 Å². The van der Waals surface area contributed by atoms with Crippen LogP contribution in [0.1, 0.15) is 11.1 Å². The predicted molar refractivity (Wildman–Crippen MR) is 76.4 cm³/mol. The zero-order valence-electron chi connectivity index (χ0n) is 10.3. The molecule has 1 amide bonds. The first kappa shape index (κ1) is 13.0. The van der Waals surface area contributed by atoms with Crippen molar-refractivity contribution in [2.45, 2.75) is 0 Å². The van der Waals surface area contributed by atoms with E-state index in [0.717, 1.165) is 11.1 Å². The third-order valence-electron chi connectivity index (χ3n) is 2.58. The van der Waals surface area contributed by atoms with Crippen LogP contribution in [0.2, 0.25) is 0 Å². The van der Waals surface area contributed by atoms with Gasteiger partial charge in [-0.15, -0.1) is 0 Å². The van der Waals surface area contributed by atoms with Crippen LogP contribution in [0.5, 0.6) is 0 Å². The van der Waals surface area contributed by atoms with Crippen molar-refractivity contribution in [3.63, 3.8) is 0 Å². The monoisotopic (exact) mass is 255 g/mol. The van der Waals surface area contributed by atoms with E-state index in [4.69, 9.17) is 0 Å². The van der Waals surface area contributed by atoms with E-state index in [-0.39, 0.29) is 0 Å². The third kappa shape index (κ3) is 4.07. The summed E-state index contributed by atoms with van der Waals surface area (Å²) in [5, 5.41) is 2.45. The van der Waals surface area contributed by atoms with E-state index in [1.165, 1.54) is 0 Å². The van der Waals surface area contributed by atoms with Gasteiger partial charge < -0.3 is 5.32 Å². The summed E-state index contributed by atoms with van der Waals surface area (Å²) < 4.78 is 12.0. The summed E-state index contributed by atoms with van der Waals surface area (Å²) in [6.45, 7) is -1.00. The second-order valence-corrected chi connectivity index (χ2v) is 4.05. The van der Waals surface area contributed by atoms with Crippen molar-refractivity contribution in [2.24, 2.45) is 0 Å². The molecule has 0 bridgehead atoms. The number of rotatable bonds is 4. The zero-order valence-corrected chi connectivity index (χ0v) is 10.3. The lowest BCUT2D eigenvalue weighted by molar-refractivity contribution is -0.117. The normalized spacial score (nSPS) is 10.6. The van der Waals surface area contributed by atoms with E-state index in [2.05, 4.69) is 5.32 Å². The highest BCUT2D eigenvalue weighted by molar-refractivity contribution is 5.91. The Morgan fingerprint density at radius 1 is 0.947 bits per heavy atom. The number of alkyl halides is 1. The molecule has 0 aliphatic heterocycles. The molecule has 0 unspecified atom stereocenters. The van der Waals surface area contributed by atoms with E-state index >= 15 is 0 Å². The predicted octanol–water partition coefficient (Wildman–Crippen LogP) is 3.77. The van der Waals surface area contributed by atoms with E-state index in [1.807, 2.05) is 54.6 Å². The lowest BCUT2D eigenvalue weighted by atomic mass is 10.1. The number of nitrogens with one attached hydrogen (secondary N) is 1. The van der Waals surface area contributed by atoms with Gasteiger partial charge in [0.05, 0.1) is 0 Å². The van der Waals surface area contributed by atoms with Crippen molar-refractivity contribution in [1.82, 2.24) is 0 Å². The quantitative estimate of drug-likeness (QED) is 0.828. The van der Waals surface area contributed by atoms with Crippen LogP contribution in [0.3, 0.4) is 0 Å². The van der Waals surface area contributed by atoms with E-state index in [1.54, 1.807) is 12.1 Å². The molecule has 0 heterocycles. The van der Waals surface area contributed by atoms with Gasteiger partial charge in [0.25, 0.3) is 5.91 Å². The first-order valence-electron chi connectivity index (χ1n) is 5.97. The van der Waals surface area contributed by atoms with Gasteiger partial charge >= 0.3 is 0 Å². The van der Waals surface area contributed by atoms with Gasteiger partial charge in [-0.3, -0.25) is 4.79 Å². The fraction of sp³-hybridized carbons (Fsp3) is 0.0625. The van der Waals surface area contributed by atoms with Crippen molar-refractivity contribution in [2.75, 3.05) is 12.0 Å². The Balaban J connectivity index is 2.03. The molecule has 0 spiro atoms. The van der Waals surface area contributed by atoms with E-state index in [9.17, 15) is 9.18 Å². The molecule has 0 radical (unpaired) electrons. The Labute approximate surface area is 111 Å². The molecule has 0 saturated heterocycles. The number of hydrogen-bond acceptors (Lipinski definition) is 1. The van der Waals surface area contributed by atoms with Crippen LogP contribution in [0.25, 0.3) is 12.2 Å². The van der Waals surface area contributed by atoms with E-state index in [0.29, 0.717) is 5.69 Å². The van der Waals surface area contributed by atoms with Gasteiger partial charge in [0.2, 0.25) is 0 Å². The van der Waals surface area contributed by atoms with Crippen molar-refractivity contribution in [3.8, 4) is 0 Å². The second-order valence-electron chi connectivity index (χ2n) is 4.05. The summed E-state index contributed by atoms with van der Waals surface area (Å²) in [4.78, 5) is 10.9. The third-order valence-corrected chi connectivity index (χ3v) is 2.58. The maximum absolute atomic E-state index is 12.0. The molecule has 0 atom stereocenters. The number of anilines is 1. The molecule has 0 saturated carbocycles. The van der Waals surface area contributed by atoms with Crippen LogP contribution < -0.4 is 5.32 Å². The minimum atomic E-state index is -1.00. The summed E-state index contributed by atoms with van der Waals surface area (Å²) >= 11 is 0. The maximum Gasteiger partial charge on any atom is 0.255 e. The largest absolute Gasteiger partial charge is 0.324 e. The van der Waals surface area contributed by atoms with Crippen LogP contribution in [-0.2, 0) is 4.79 Å². The summed E-state index contributed by atoms with van der Waals surface area (Å²) in [7, 11) is 0. The minimum absolute atomic E-state index is 0.597. The molecule has 2 aromatic carbocycles. The number of carbonyl (C=O) groups excluding carboxylic acids is 1.